The Morgan fingerprint density at radius 3 is 2.30 bits per heavy atom. The van der Waals surface area contributed by atoms with Gasteiger partial charge in [0, 0.05) is 10.9 Å². The fourth-order valence-corrected chi connectivity index (χ4v) is 2.76. The van der Waals surface area contributed by atoms with Crippen LogP contribution in [0.3, 0.4) is 0 Å². The van der Waals surface area contributed by atoms with Crippen LogP contribution >= 0.6 is 0 Å². The van der Waals surface area contributed by atoms with Crippen LogP contribution in [0.4, 0.5) is 0 Å². The van der Waals surface area contributed by atoms with E-state index in [-0.39, 0.29) is 0 Å². The lowest BCUT2D eigenvalue weighted by Gasteiger charge is -2.09. The summed E-state index contributed by atoms with van der Waals surface area (Å²) in [5, 5.41) is 1.24. The highest BCUT2D eigenvalue weighted by Gasteiger charge is 2.06. The lowest BCUT2D eigenvalue weighted by atomic mass is 10.0. The first-order valence-electron chi connectivity index (χ1n) is 7.00. The first-order chi connectivity index (χ1) is 9.54. The smallest absolute Gasteiger partial charge is 0.0714 e. The number of pyridine rings is 1. The van der Waals surface area contributed by atoms with Crippen molar-refractivity contribution in [1.29, 1.82) is 0 Å². The molecular formula is C19H19N. The zero-order valence-electron chi connectivity index (χ0n) is 12.5. The van der Waals surface area contributed by atoms with Crippen molar-refractivity contribution >= 4 is 10.9 Å². The van der Waals surface area contributed by atoms with Crippen molar-refractivity contribution in [2.75, 3.05) is 0 Å². The van der Waals surface area contributed by atoms with Gasteiger partial charge in [-0.3, -0.25) is 0 Å². The van der Waals surface area contributed by atoms with Gasteiger partial charge in [-0.05, 0) is 62.6 Å². The Balaban J connectivity index is 2.25. The summed E-state index contributed by atoms with van der Waals surface area (Å²) in [5.74, 6) is 0. The number of hydrogen-bond donors (Lipinski definition) is 0. The zero-order valence-corrected chi connectivity index (χ0v) is 12.5. The summed E-state index contributed by atoms with van der Waals surface area (Å²) in [7, 11) is 0. The van der Waals surface area contributed by atoms with Gasteiger partial charge in [-0.1, -0.05) is 29.8 Å². The van der Waals surface area contributed by atoms with Gasteiger partial charge in [-0.15, -0.1) is 0 Å². The number of rotatable bonds is 1. The van der Waals surface area contributed by atoms with Crippen LogP contribution in [0, 0.1) is 27.7 Å². The molecule has 3 aromatic rings. The Labute approximate surface area is 120 Å². The summed E-state index contributed by atoms with van der Waals surface area (Å²) < 4.78 is 0. The molecule has 1 aromatic heterocycles. The van der Waals surface area contributed by atoms with E-state index in [1.807, 2.05) is 0 Å². The summed E-state index contributed by atoms with van der Waals surface area (Å²) in [6, 6.07) is 15.2. The van der Waals surface area contributed by atoms with Crippen LogP contribution in [0.5, 0.6) is 0 Å². The lowest BCUT2D eigenvalue weighted by molar-refractivity contribution is 1.32. The summed E-state index contributed by atoms with van der Waals surface area (Å²) in [5.41, 5.74) is 8.47. The summed E-state index contributed by atoms with van der Waals surface area (Å²) in [6.45, 7) is 8.54. The predicted octanol–water partition coefficient (Wildman–Crippen LogP) is 5.14. The highest BCUT2D eigenvalue weighted by Crippen LogP contribution is 2.26. The van der Waals surface area contributed by atoms with Crippen LogP contribution in [0.25, 0.3) is 22.2 Å². The fourth-order valence-electron chi connectivity index (χ4n) is 2.76. The third kappa shape index (κ3) is 2.20. The van der Waals surface area contributed by atoms with Crippen molar-refractivity contribution < 1.29 is 0 Å². The van der Waals surface area contributed by atoms with E-state index >= 15 is 0 Å². The van der Waals surface area contributed by atoms with Gasteiger partial charge in [0.2, 0.25) is 0 Å². The molecule has 0 spiro atoms. The van der Waals surface area contributed by atoms with Gasteiger partial charge in [0.25, 0.3) is 0 Å². The second-order valence-electron chi connectivity index (χ2n) is 5.66. The molecule has 0 unspecified atom stereocenters. The van der Waals surface area contributed by atoms with Gasteiger partial charge in [0.05, 0.1) is 11.2 Å². The van der Waals surface area contributed by atoms with Crippen LogP contribution in [0.15, 0.2) is 42.5 Å². The monoisotopic (exact) mass is 261 g/mol. The molecule has 1 heterocycles. The van der Waals surface area contributed by atoms with Crippen molar-refractivity contribution in [2.45, 2.75) is 27.7 Å². The second-order valence-corrected chi connectivity index (χ2v) is 5.66. The summed E-state index contributed by atoms with van der Waals surface area (Å²) in [4.78, 5) is 4.87. The molecule has 0 bridgehead atoms. The molecule has 1 nitrogen and oxygen atoms in total. The van der Waals surface area contributed by atoms with Crippen LogP contribution in [0.2, 0.25) is 0 Å². The largest absolute Gasteiger partial charge is 0.248 e. The Bertz CT molecular complexity index is 800. The molecule has 0 N–H and O–H groups in total. The van der Waals surface area contributed by atoms with Crippen LogP contribution < -0.4 is 0 Å². The molecule has 0 aliphatic rings. The fraction of sp³-hybridized carbons (Fsp3) is 0.211. The molecule has 1 heteroatoms. The molecule has 100 valence electrons. The first kappa shape index (κ1) is 12.9. The van der Waals surface area contributed by atoms with Gasteiger partial charge in [-0.2, -0.15) is 0 Å². The molecule has 3 rings (SSSR count). The van der Waals surface area contributed by atoms with Crippen molar-refractivity contribution in [3.05, 3.63) is 64.7 Å². The molecular weight excluding hydrogens is 242 g/mol. The highest BCUT2D eigenvalue weighted by atomic mass is 14.7. The minimum Gasteiger partial charge on any atom is -0.248 e. The normalized spacial score (nSPS) is 11.0. The maximum absolute atomic E-state index is 4.87. The lowest BCUT2D eigenvalue weighted by Crippen LogP contribution is -1.91. The summed E-state index contributed by atoms with van der Waals surface area (Å²) in [6.07, 6.45) is 0. The second kappa shape index (κ2) is 4.75. The molecule has 0 aliphatic heterocycles. The molecule has 0 amide bonds. The molecule has 2 aromatic carbocycles. The minimum atomic E-state index is 1.06. The zero-order chi connectivity index (χ0) is 14.3. The maximum atomic E-state index is 4.87. The Morgan fingerprint density at radius 1 is 0.700 bits per heavy atom. The van der Waals surface area contributed by atoms with E-state index in [4.69, 9.17) is 4.98 Å². The minimum absolute atomic E-state index is 1.06. The highest BCUT2D eigenvalue weighted by molar-refractivity contribution is 5.85. The van der Waals surface area contributed by atoms with Gasteiger partial charge in [0.1, 0.15) is 0 Å². The molecule has 0 saturated heterocycles. The molecule has 0 radical (unpaired) electrons. The van der Waals surface area contributed by atoms with Gasteiger partial charge < -0.3 is 0 Å². The Hall–Kier alpha value is -2.15. The van der Waals surface area contributed by atoms with E-state index in [0.29, 0.717) is 0 Å². The number of aryl methyl sites for hydroxylation is 4. The molecule has 20 heavy (non-hydrogen) atoms. The number of nitrogens with zero attached hydrogens (tertiary/aromatic N) is 1. The number of hydrogen-bond acceptors (Lipinski definition) is 1. The standard InChI is InChI=1S/C19H19N/c1-12-5-6-14(3)17(10-12)18-8-7-16-15(4)9-13(2)11-19(16)20-18/h5-11H,1-4H3. The van der Waals surface area contributed by atoms with Crippen molar-refractivity contribution in [1.82, 2.24) is 4.98 Å². The summed E-state index contributed by atoms with van der Waals surface area (Å²) >= 11 is 0. The molecule has 0 atom stereocenters. The third-order valence-electron chi connectivity index (χ3n) is 3.83. The quantitative estimate of drug-likeness (QED) is 0.591. The van der Waals surface area contributed by atoms with Crippen molar-refractivity contribution in [3.63, 3.8) is 0 Å². The van der Waals surface area contributed by atoms with E-state index in [0.717, 1.165) is 11.2 Å². The first-order valence-corrected chi connectivity index (χ1v) is 7.00. The van der Waals surface area contributed by atoms with E-state index in [1.165, 1.54) is 33.2 Å². The van der Waals surface area contributed by atoms with Crippen LogP contribution in [-0.4, -0.2) is 4.98 Å². The van der Waals surface area contributed by atoms with Gasteiger partial charge in [-0.25, -0.2) is 4.98 Å². The molecule has 0 saturated carbocycles. The number of aromatic nitrogens is 1. The van der Waals surface area contributed by atoms with Gasteiger partial charge >= 0.3 is 0 Å². The van der Waals surface area contributed by atoms with Gasteiger partial charge in [0.15, 0.2) is 0 Å². The number of fused-ring (bicyclic) bond motifs is 1. The van der Waals surface area contributed by atoms with Crippen molar-refractivity contribution in [3.8, 4) is 11.3 Å². The van der Waals surface area contributed by atoms with Crippen LogP contribution in [-0.2, 0) is 0 Å². The average Bonchev–Trinajstić information content (AvgIpc) is 2.40. The average molecular weight is 261 g/mol. The predicted molar refractivity (Wildman–Crippen MR) is 86.1 cm³/mol. The molecule has 0 fully saturated rings. The van der Waals surface area contributed by atoms with E-state index in [2.05, 4.69) is 70.2 Å². The maximum Gasteiger partial charge on any atom is 0.0714 e. The van der Waals surface area contributed by atoms with Crippen molar-refractivity contribution in [2.24, 2.45) is 0 Å². The SMILES string of the molecule is Cc1ccc(C)c(-c2ccc3c(C)cc(C)cc3n2)c1. The molecule has 0 aliphatic carbocycles. The topological polar surface area (TPSA) is 12.9 Å². The van der Waals surface area contributed by atoms with E-state index < -0.39 is 0 Å². The van der Waals surface area contributed by atoms with Crippen LogP contribution in [0.1, 0.15) is 22.3 Å². The Kier molecular flexibility index (Phi) is 3.06. The Morgan fingerprint density at radius 2 is 1.50 bits per heavy atom. The third-order valence-corrected chi connectivity index (χ3v) is 3.83. The number of benzene rings is 2. The van der Waals surface area contributed by atoms with E-state index in [1.54, 1.807) is 0 Å². The van der Waals surface area contributed by atoms with E-state index in [9.17, 15) is 0 Å².